The van der Waals surface area contributed by atoms with Crippen LogP contribution < -0.4 is 0 Å². The van der Waals surface area contributed by atoms with Gasteiger partial charge in [0, 0.05) is 0 Å². The van der Waals surface area contributed by atoms with Crippen LogP contribution in [0.5, 0.6) is 0 Å². The molecule has 0 radical (unpaired) electrons. The van der Waals surface area contributed by atoms with E-state index in [1.165, 1.54) is 36.6 Å². The Morgan fingerprint density at radius 2 is 0.967 bits per heavy atom. The largest absolute Gasteiger partial charge is 0.147 e. The molecule has 0 unspecified atom stereocenters. The van der Waals surface area contributed by atoms with Crippen molar-refractivity contribution >= 4 is 39.2 Å². The van der Waals surface area contributed by atoms with Crippen LogP contribution in [0, 0.1) is 12.2 Å². The monoisotopic (exact) mass is 514 g/mol. The van der Waals surface area contributed by atoms with Crippen molar-refractivity contribution in [2.24, 2.45) is 0 Å². The third-order valence-corrected chi connectivity index (χ3v) is 4.19. The molecule has 30 heavy (non-hydrogen) atoms. The molecule has 0 saturated carbocycles. The molecule has 0 nitrogen and oxygen atoms in total. The zero-order valence-corrected chi connectivity index (χ0v) is 22.2. The van der Waals surface area contributed by atoms with E-state index in [2.05, 4.69) is 101 Å². The molecular weight excluding hydrogens is 486 g/mol. The Balaban J connectivity index is 0.000000452. The van der Waals surface area contributed by atoms with Crippen molar-refractivity contribution in [2.75, 3.05) is 0 Å². The number of allylic oxidation sites excluding steroid dienone is 8. The molecule has 0 heterocycles. The van der Waals surface area contributed by atoms with E-state index in [4.69, 9.17) is 0 Å². The molecule has 0 N–H and O–H groups in total. The van der Waals surface area contributed by atoms with Crippen LogP contribution in [0.3, 0.4) is 0 Å². The zero-order chi connectivity index (χ0) is 20.4. The van der Waals surface area contributed by atoms with Gasteiger partial charge in [-0.3, -0.25) is 12.2 Å². The summed E-state index contributed by atoms with van der Waals surface area (Å²) in [6.07, 6.45) is 12.9. The number of rotatable bonds is 2. The van der Waals surface area contributed by atoms with Gasteiger partial charge in [0.25, 0.3) is 0 Å². The number of halogens is 2. The Morgan fingerprint density at radius 3 is 1.20 bits per heavy atom. The maximum atomic E-state index is 3.29. The molecule has 2 aromatic rings. The maximum absolute atomic E-state index is 3.29. The topological polar surface area (TPSA) is 0 Å². The number of hydrogen-bond donors (Lipinski definition) is 0. The fourth-order valence-corrected chi connectivity index (χ4v) is 2.87. The van der Waals surface area contributed by atoms with E-state index >= 15 is 0 Å². The molecule has 4 rings (SSSR count). The molecule has 3 heteroatoms. The van der Waals surface area contributed by atoms with Gasteiger partial charge in [0.1, 0.15) is 0 Å². The molecule has 156 valence electrons. The third-order valence-electron chi connectivity index (χ3n) is 4.19. The molecule has 0 spiro atoms. The maximum Gasteiger partial charge on any atom is -0.147 e. The number of hydrogen-bond acceptors (Lipinski definition) is 0. The van der Waals surface area contributed by atoms with Crippen molar-refractivity contribution in [3.63, 3.8) is 0 Å². The van der Waals surface area contributed by atoms with E-state index in [0.717, 1.165) is 12.8 Å². The Morgan fingerprint density at radius 1 is 0.667 bits per heavy atom. The van der Waals surface area contributed by atoms with Crippen LogP contribution >= 0.6 is 24.8 Å². The molecule has 0 saturated heterocycles. The first-order valence-electron chi connectivity index (χ1n) is 9.64. The van der Waals surface area contributed by atoms with Crippen LogP contribution in [-0.2, 0) is 24.2 Å². The van der Waals surface area contributed by atoms with Gasteiger partial charge in [-0.1, -0.05) is 74.5 Å². The summed E-state index contributed by atoms with van der Waals surface area (Å²) in [5, 5.41) is 0. The second kappa shape index (κ2) is 15.5. The molecule has 0 amide bonds. The summed E-state index contributed by atoms with van der Waals surface area (Å²) in [7, 11) is 0. The summed E-state index contributed by atoms with van der Waals surface area (Å²) in [5.41, 5.74) is 7.92. The van der Waals surface area contributed by atoms with Crippen LogP contribution in [-0.4, -0.2) is 3.21 Å². The predicted octanol–water partition coefficient (Wildman–Crippen LogP) is 8.04. The summed E-state index contributed by atoms with van der Waals surface area (Å²) in [6, 6.07) is 21.0. The summed E-state index contributed by atoms with van der Waals surface area (Å²) in [6.45, 7) is 8.43. The van der Waals surface area contributed by atoms with Crippen molar-refractivity contribution in [3.05, 3.63) is 107 Å². The van der Waals surface area contributed by atoms with Crippen LogP contribution in [0.1, 0.15) is 51.7 Å². The van der Waals surface area contributed by atoms with Crippen LogP contribution in [0.25, 0.3) is 11.1 Å². The fraction of sp³-hybridized carbons (Fsp3) is 0.222. The smallest absolute Gasteiger partial charge is 0.147 e. The first-order valence-corrected chi connectivity index (χ1v) is 10.9. The summed E-state index contributed by atoms with van der Waals surface area (Å²) in [4.78, 5) is 0. The molecule has 0 aliphatic heterocycles. The molecular formula is C27H30Cl2Zr. The third kappa shape index (κ3) is 10.7. The van der Waals surface area contributed by atoms with Gasteiger partial charge in [0.05, 0.1) is 0 Å². The molecule has 0 aromatic heterocycles. The van der Waals surface area contributed by atoms with Crippen molar-refractivity contribution < 1.29 is 24.2 Å². The zero-order valence-electron chi connectivity index (χ0n) is 18.2. The fourth-order valence-electron chi connectivity index (χ4n) is 2.87. The molecule has 0 fully saturated rings. The van der Waals surface area contributed by atoms with Gasteiger partial charge < -0.3 is 0 Å². The van der Waals surface area contributed by atoms with E-state index in [0.29, 0.717) is 0 Å². The molecule has 2 aliphatic rings. The van der Waals surface area contributed by atoms with E-state index in [-0.39, 0.29) is 24.8 Å². The molecule has 0 atom stereocenters. The summed E-state index contributed by atoms with van der Waals surface area (Å²) in [5.74, 6) is 0. The molecule has 2 aliphatic carbocycles. The van der Waals surface area contributed by atoms with Gasteiger partial charge in [0.2, 0.25) is 0 Å². The van der Waals surface area contributed by atoms with Crippen LogP contribution in [0.2, 0.25) is 0 Å². The van der Waals surface area contributed by atoms with Gasteiger partial charge in [-0.15, -0.1) is 48.8 Å². The standard InChI is InChI=1S/2C12H11.C3H6.2ClH.Zr/c2*1-10-7-8-12(9-10)11-5-3-2-4-6-11;1-3-2;;;/h2*2-6,9H,8H2,1H3;1-2H3;2*1H;/q2*-1;;;;+2. The van der Waals surface area contributed by atoms with Gasteiger partial charge in [-0.05, 0) is 11.1 Å². The summed E-state index contributed by atoms with van der Waals surface area (Å²) < 4.78 is 1.51. The minimum atomic E-state index is 0. The Kier molecular flexibility index (Phi) is 14.9. The Hall–Kier alpha value is -1.27. The minimum absolute atomic E-state index is 0. The predicted molar refractivity (Wildman–Crippen MR) is 134 cm³/mol. The van der Waals surface area contributed by atoms with Gasteiger partial charge in [-0.25, -0.2) is 23.3 Å². The first kappa shape index (κ1) is 28.7. The van der Waals surface area contributed by atoms with E-state index in [1.807, 2.05) is 12.1 Å². The average molecular weight is 517 g/mol. The molecule has 2 aromatic carbocycles. The Bertz CT molecular complexity index is 829. The second-order valence-corrected chi connectivity index (χ2v) is 9.60. The molecule has 0 bridgehead atoms. The van der Waals surface area contributed by atoms with Crippen molar-refractivity contribution in [1.29, 1.82) is 0 Å². The van der Waals surface area contributed by atoms with E-state index in [9.17, 15) is 0 Å². The Labute approximate surface area is 210 Å². The first-order chi connectivity index (χ1) is 13.5. The second-order valence-electron chi connectivity index (χ2n) is 7.14. The van der Waals surface area contributed by atoms with E-state index < -0.39 is 0 Å². The number of benzene rings is 2. The van der Waals surface area contributed by atoms with Crippen molar-refractivity contribution in [3.8, 4) is 0 Å². The van der Waals surface area contributed by atoms with Crippen LogP contribution in [0.4, 0.5) is 0 Å². The van der Waals surface area contributed by atoms with Crippen molar-refractivity contribution in [1.82, 2.24) is 0 Å². The average Bonchev–Trinajstić information content (AvgIpc) is 3.32. The van der Waals surface area contributed by atoms with Gasteiger partial charge in [0.15, 0.2) is 0 Å². The van der Waals surface area contributed by atoms with Gasteiger partial charge in [-0.2, -0.15) is 0 Å². The summed E-state index contributed by atoms with van der Waals surface area (Å²) >= 11 is 1.55. The quantitative estimate of drug-likeness (QED) is 0.355. The minimum Gasteiger partial charge on any atom is -0.147 e. The van der Waals surface area contributed by atoms with Crippen molar-refractivity contribution in [2.45, 2.75) is 40.5 Å². The van der Waals surface area contributed by atoms with Gasteiger partial charge >= 0.3 is 41.3 Å². The normalized spacial score (nSPS) is 13.5. The van der Waals surface area contributed by atoms with E-state index in [1.54, 1.807) is 24.2 Å². The SMILES string of the molecule is CC1=[C-]CC(c2ccccc2)=C1.CC1=[C-]CC(c2ccccc2)=C1.C[C](C)=[Zr+2].Cl.Cl. The van der Waals surface area contributed by atoms with Crippen LogP contribution in [0.15, 0.2) is 84.0 Å².